The summed E-state index contributed by atoms with van der Waals surface area (Å²) < 4.78 is 10.6. The number of hydrogen-bond acceptors (Lipinski definition) is 5. The number of ether oxygens (including phenoxy) is 2. The van der Waals surface area contributed by atoms with Crippen molar-refractivity contribution in [3.05, 3.63) is 41.4 Å². The van der Waals surface area contributed by atoms with Gasteiger partial charge in [0, 0.05) is 28.8 Å². The van der Waals surface area contributed by atoms with Crippen LogP contribution in [0.3, 0.4) is 0 Å². The minimum atomic E-state index is 0.00752. The Kier molecular flexibility index (Phi) is 6.39. The van der Waals surface area contributed by atoms with Crippen molar-refractivity contribution in [2.45, 2.75) is 23.5 Å². The zero-order chi connectivity index (χ0) is 19.4. The van der Waals surface area contributed by atoms with Gasteiger partial charge in [-0.25, -0.2) is 0 Å². The third kappa shape index (κ3) is 4.45. The molecule has 0 spiro atoms. The van der Waals surface area contributed by atoms with Crippen molar-refractivity contribution in [1.82, 2.24) is 0 Å². The van der Waals surface area contributed by atoms with E-state index in [2.05, 4.69) is 18.3 Å². The Labute approximate surface area is 169 Å². The van der Waals surface area contributed by atoms with Gasteiger partial charge in [0.05, 0.1) is 37.2 Å². The van der Waals surface area contributed by atoms with Crippen molar-refractivity contribution >= 4 is 40.6 Å². The molecular weight excluding hydrogens is 384 g/mol. The summed E-state index contributed by atoms with van der Waals surface area (Å²) >= 11 is 7.96. The van der Waals surface area contributed by atoms with E-state index in [0.717, 1.165) is 17.0 Å². The van der Waals surface area contributed by atoms with E-state index in [0.29, 0.717) is 34.0 Å². The molecule has 1 heterocycles. The van der Waals surface area contributed by atoms with E-state index in [1.807, 2.05) is 34.9 Å². The first-order chi connectivity index (χ1) is 13.0. The molecular formula is C20H23ClN2O3S. The Morgan fingerprint density at radius 1 is 1.26 bits per heavy atom. The molecule has 0 saturated heterocycles. The van der Waals surface area contributed by atoms with Gasteiger partial charge in [-0.2, -0.15) is 0 Å². The second-order valence-electron chi connectivity index (χ2n) is 6.27. The number of amides is 1. The summed E-state index contributed by atoms with van der Waals surface area (Å²) in [5, 5.41) is 4.09. The molecule has 0 saturated carbocycles. The van der Waals surface area contributed by atoms with Crippen molar-refractivity contribution in [1.29, 1.82) is 0 Å². The van der Waals surface area contributed by atoms with E-state index in [-0.39, 0.29) is 12.5 Å². The Hall–Kier alpha value is -2.05. The number of carbonyl (C=O) groups excluding carboxylic acids is 1. The lowest BCUT2D eigenvalue weighted by Crippen LogP contribution is -2.36. The number of carbonyl (C=O) groups is 1. The molecule has 1 aliphatic heterocycles. The van der Waals surface area contributed by atoms with Crippen LogP contribution < -0.4 is 19.7 Å². The number of fused-ring (bicyclic) bond motifs is 1. The lowest BCUT2D eigenvalue weighted by atomic mass is 10.2. The van der Waals surface area contributed by atoms with Gasteiger partial charge in [0.15, 0.2) is 0 Å². The molecule has 0 fully saturated rings. The number of methoxy groups -OCH3 is 2. The summed E-state index contributed by atoms with van der Waals surface area (Å²) in [4.78, 5) is 16.0. The van der Waals surface area contributed by atoms with Crippen LogP contribution in [0.1, 0.15) is 13.3 Å². The molecule has 3 rings (SSSR count). The van der Waals surface area contributed by atoms with Gasteiger partial charge in [0.2, 0.25) is 5.91 Å². The molecule has 7 heteroatoms. The van der Waals surface area contributed by atoms with Gasteiger partial charge in [-0.3, -0.25) is 4.79 Å². The quantitative estimate of drug-likeness (QED) is 0.780. The van der Waals surface area contributed by atoms with Gasteiger partial charge in [-0.15, -0.1) is 11.8 Å². The van der Waals surface area contributed by atoms with Gasteiger partial charge in [-0.1, -0.05) is 30.7 Å². The van der Waals surface area contributed by atoms with Gasteiger partial charge in [0.1, 0.15) is 11.5 Å². The van der Waals surface area contributed by atoms with E-state index < -0.39 is 0 Å². The fourth-order valence-corrected chi connectivity index (χ4v) is 4.35. The number of hydrogen-bond donors (Lipinski definition) is 1. The van der Waals surface area contributed by atoms with Gasteiger partial charge in [-0.05, 0) is 18.6 Å². The summed E-state index contributed by atoms with van der Waals surface area (Å²) in [5.74, 6) is 1.10. The Balaban J connectivity index is 1.78. The van der Waals surface area contributed by atoms with Crippen molar-refractivity contribution < 1.29 is 14.3 Å². The largest absolute Gasteiger partial charge is 0.495 e. The molecule has 0 aliphatic carbocycles. The molecule has 144 valence electrons. The minimum Gasteiger partial charge on any atom is -0.495 e. The minimum absolute atomic E-state index is 0.00752. The fourth-order valence-electron chi connectivity index (χ4n) is 3.01. The lowest BCUT2D eigenvalue weighted by molar-refractivity contribution is -0.117. The van der Waals surface area contributed by atoms with Crippen LogP contribution in [0.25, 0.3) is 0 Å². The smallest absolute Gasteiger partial charge is 0.246 e. The SMILES string of the molecule is COc1cc(NCC(=O)N2CC[C@@H](C)Sc3ccccc32)c(OC)cc1Cl. The highest BCUT2D eigenvalue weighted by Crippen LogP contribution is 2.38. The summed E-state index contributed by atoms with van der Waals surface area (Å²) in [6.07, 6.45) is 0.948. The van der Waals surface area contributed by atoms with E-state index >= 15 is 0 Å². The van der Waals surface area contributed by atoms with Crippen LogP contribution in [0.5, 0.6) is 11.5 Å². The van der Waals surface area contributed by atoms with Crippen molar-refractivity contribution in [3.8, 4) is 11.5 Å². The van der Waals surface area contributed by atoms with E-state index in [1.54, 1.807) is 26.4 Å². The zero-order valence-electron chi connectivity index (χ0n) is 15.6. The standard InChI is InChI=1S/C20H23ClN2O3S/c1-13-8-9-23(16-6-4-5-7-19(16)27-13)20(24)12-22-15-11-17(25-2)14(21)10-18(15)26-3/h4-7,10-11,13,22H,8-9,12H2,1-3H3/t13-/m1/s1. The van der Waals surface area contributed by atoms with Crippen LogP contribution in [0.15, 0.2) is 41.3 Å². The maximum atomic E-state index is 13.0. The predicted octanol–water partition coefficient (Wildman–Crippen LogP) is 4.69. The van der Waals surface area contributed by atoms with Crippen molar-refractivity contribution in [2.75, 3.05) is 37.5 Å². The number of nitrogens with zero attached hydrogens (tertiary/aromatic N) is 1. The third-order valence-corrected chi connectivity index (χ3v) is 5.98. The van der Waals surface area contributed by atoms with Crippen LogP contribution in [0.2, 0.25) is 5.02 Å². The first-order valence-electron chi connectivity index (χ1n) is 8.75. The lowest BCUT2D eigenvalue weighted by Gasteiger charge is -2.23. The summed E-state index contributed by atoms with van der Waals surface area (Å²) in [7, 11) is 3.12. The number of halogens is 1. The number of anilines is 2. The number of benzene rings is 2. The van der Waals surface area contributed by atoms with Crippen LogP contribution in [0.4, 0.5) is 11.4 Å². The monoisotopic (exact) mass is 406 g/mol. The van der Waals surface area contributed by atoms with Crippen LogP contribution in [-0.2, 0) is 4.79 Å². The molecule has 5 nitrogen and oxygen atoms in total. The molecule has 1 amide bonds. The molecule has 1 aliphatic rings. The van der Waals surface area contributed by atoms with E-state index in [4.69, 9.17) is 21.1 Å². The number of para-hydroxylation sites is 1. The average Bonchev–Trinajstić information content (AvgIpc) is 2.84. The number of nitrogens with one attached hydrogen (secondary N) is 1. The van der Waals surface area contributed by atoms with Crippen LogP contribution in [0, 0.1) is 0 Å². The summed E-state index contributed by atoms with van der Waals surface area (Å²) in [6.45, 7) is 3.04. The molecule has 2 aromatic rings. The van der Waals surface area contributed by atoms with Gasteiger partial charge >= 0.3 is 0 Å². The highest BCUT2D eigenvalue weighted by molar-refractivity contribution is 8.00. The van der Waals surface area contributed by atoms with Crippen molar-refractivity contribution in [3.63, 3.8) is 0 Å². The summed E-state index contributed by atoms with van der Waals surface area (Å²) in [5.41, 5.74) is 1.64. The highest BCUT2D eigenvalue weighted by Gasteiger charge is 2.24. The molecule has 1 atom stereocenters. The second-order valence-corrected chi connectivity index (χ2v) is 8.16. The third-order valence-electron chi connectivity index (χ3n) is 4.45. The second kappa shape index (κ2) is 8.76. The van der Waals surface area contributed by atoms with Crippen LogP contribution in [-0.4, -0.2) is 38.5 Å². The van der Waals surface area contributed by atoms with E-state index in [1.165, 1.54) is 0 Å². The maximum Gasteiger partial charge on any atom is 0.246 e. The zero-order valence-corrected chi connectivity index (χ0v) is 17.2. The molecule has 0 radical (unpaired) electrons. The first-order valence-corrected chi connectivity index (χ1v) is 10.0. The molecule has 27 heavy (non-hydrogen) atoms. The van der Waals surface area contributed by atoms with Gasteiger partial charge < -0.3 is 19.7 Å². The topological polar surface area (TPSA) is 50.8 Å². The maximum absolute atomic E-state index is 13.0. The average molecular weight is 407 g/mol. The van der Waals surface area contributed by atoms with E-state index in [9.17, 15) is 4.79 Å². The molecule has 0 aromatic heterocycles. The Morgan fingerprint density at radius 2 is 2.00 bits per heavy atom. The number of rotatable bonds is 5. The highest BCUT2D eigenvalue weighted by atomic mass is 35.5. The Bertz CT molecular complexity index is 831. The molecule has 2 aromatic carbocycles. The summed E-state index contributed by atoms with van der Waals surface area (Å²) in [6, 6.07) is 11.5. The van der Waals surface area contributed by atoms with Crippen molar-refractivity contribution in [2.24, 2.45) is 0 Å². The molecule has 0 unspecified atom stereocenters. The number of thioether (sulfide) groups is 1. The predicted molar refractivity (Wildman–Crippen MR) is 112 cm³/mol. The molecule has 1 N–H and O–H groups in total. The fraction of sp³-hybridized carbons (Fsp3) is 0.350. The normalized spacial score (nSPS) is 16.3. The Morgan fingerprint density at radius 3 is 2.74 bits per heavy atom. The van der Waals surface area contributed by atoms with Crippen LogP contribution >= 0.6 is 23.4 Å². The van der Waals surface area contributed by atoms with Gasteiger partial charge in [0.25, 0.3) is 0 Å². The molecule has 0 bridgehead atoms. The first kappa shape index (κ1) is 19.7.